The molecule has 17 heavy (non-hydrogen) atoms. The Hall–Kier alpha value is 0.759. The molecular formula is C13H23CuNS2. The molecule has 2 saturated carbocycles. The Balaban J connectivity index is 0.00000144. The number of rotatable bonds is 2. The minimum Gasteiger partial charge on any atom is -0.352 e. The third kappa shape index (κ3) is 4.41. The fraction of sp³-hybridized carbons (Fsp3) is 0.923. The molecule has 0 aliphatic heterocycles. The van der Waals surface area contributed by atoms with E-state index in [1.807, 2.05) is 0 Å². The van der Waals surface area contributed by atoms with Gasteiger partial charge in [-0.2, -0.15) is 0 Å². The van der Waals surface area contributed by atoms with E-state index in [-0.39, 0.29) is 17.1 Å². The van der Waals surface area contributed by atoms with E-state index in [1.165, 1.54) is 64.2 Å². The summed E-state index contributed by atoms with van der Waals surface area (Å²) in [6, 6.07) is 1.39. The minimum absolute atomic E-state index is 0. The van der Waals surface area contributed by atoms with Crippen LogP contribution in [0.1, 0.15) is 64.2 Å². The minimum atomic E-state index is 0. The molecule has 2 aliphatic carbocycles. The van der Waals surface area contributed by atoms with Crippen LogP contribution in [0.2, 0.25) is 0 Å². The fourth-order valence-electron chi connectivity index (χ4n) is 3.33. The van der Waals surface area contributed by atoms with Crippen LogP contribution >= 0.6 is 24.8 Å². The van der Waals surface area contributed by atoms with Crippen LogP contribution in [-0.4, -0.2) is 21.3 Å². The molecule has 0 saturated heterocycles. The molecule has 2 rings (SSSR count). The fourth-order valence-corrected chi connectivity index (χ4v) is 3.95. The van der Waals surface area contributed by atoms with Gasteiger partial charge in [0.05, 0.1) is 0 Å². The Kier molecular flexibility index (Phi) is 7.48. The molecule has 0 bridgehead atoms. The van der Waals surface area contributed by atoms with Gasteiger partial charge in [0.2, 0.25) is 0 Å². The predicted octanol–water partition coefficient (Wildman–Crippen LogP) is 4.17. The first-order valence-electron chi connectivity index (χ1n) is 6.80. The topological polar surface area (TPSA) is 3.24 Å². The van der Waals surface area contributed by atoms with Gasteiger partial charge in [-0.3, -0.25) is 0 Å². The zero-order valence-corrected chi connectivity index (χ0v) is 13.0. The van der Waals surface area contributed by atoms with Crippen LogP contribution in [0, 0.1) is 0 Å². The molecule has 2 fully saturated rings. The van der Waals surface area contributed by atoms with Gasteiger partial charge in [-0.05, 0) is 25.7 Å². The van der Waals surface area contributed by atoms with Gasteiger partial charge in [-0.1, -0.05) is 50.7 Å². The van der Waals surface area contributed by atoms with Crippen LogP contribution in [-0.2, 0) is 17.1 Å². The number of hydrogen-bond donors (Lipinski definition) is 1. The molecule has 0 amide bonds. The van der Waals surface area contributed by atoms with Crippen LogP contribution < -0.4 is 0 Å². The Morgan fingerprint density at radius 1 is 0.824 bits per heavy atom. The van der Waals surface area contributed by atoms with Crippen LogP contribution in [0.5, 0.6) is 0 Å². The normalized spacial score (nSPS) is 22.9. The molecule has 1 nitrogen and oxygen atoms in total. The second-order valence-corrected chi connectivity index (χ2v) is 6.39. The van der Waals surface area contributed by atoms with E-state index in [0.717, 1.165) is 4.32 Å². The molecule has 1 radical (unpaired) electrons. The van der Waals surface area contributed by atoms with Crippen molar-refractivity contribution in [3.05, 3.63) is 0 Å². The second-order valence-electron chi connectivity index (χ2n) is 5.27. The van der Waals surface area contributed by atoms with Crippen molar-refractivity contribution in [1.29, 1.82) is 0 Å². The van der Waals surface area contributed by atoms with Gasteiger partial charge >= 0.3 is 0 Å². The van der Waals surface area contributed by atoms with Crippen LogP contribution in [0.15, 0.2) is 0 Å². The summed E-state index contributed by atoms with van der Waals surface area (Å²) >= 11 is 9.84. The zero-order chi connectivity index (χ0) is 11.4. The SMILES string of the molecule is S=C(S)N(C1CCCCC1)C1CCCCC1.[Cu]. The molecule has 0 aromatic heterocycles. The average Bonchev–Trinajstić information content (AvgIpc) is 2.31. The van der Waals surface area contributed by atoms with E-state index in [9.17, 15) is 0 Å². The van der Waals surface area contributed by atoms with E-state index >= 15 is 0 Å². The first-order chi connectivity index (χ1) is 7.79. The maximum absolute atomic E-state index is 5.37. The largest absolute Gasteiger partial charge is 0.352 e. The van der Waals surface area contributed by atoms with Crippen molar-refractivity contribution >= 4 is 29.2 Å². The van der Waals surface area contributed by atoms with Gasteiger partial charge < -0.3 is 4.90 Å². The average molecular weight is 321 g/mol. The summed E-state index contributed by atoms with van der Waals surface area (Å²) in [6.45, 7) is 0. The van der Waals surface area contributed by atoms with Crippen LogP contribution in [0.4, 0.5) is 0 Å². The summed E-state index contributed by atoms with van der Waals surface area (Å²) in [5.41, 5.74) is 0. The standard InChI is InChI=1S/C13H23NS2.Cu/c15-13(16)14(11-7-3-1-4-8-11)12-9-5-2-6-10-12;/h11-12H,1-10H2,(H,15,16);. The predicted molar refractivity (Wildman–Crippen MR) is 77.2 cm³/mol. The van der Waals surface area contributed by atoms with Crippen LogP contribution in [0.3, 0.4) is 0 Å². The van der Waals surface area contributed by atoms with Crippen molar-refractivity contribution in [2.75, 3.05) is 0 Å². The number of hydrogen-bond acceptors (Lipinski definition) is 1. The molecule has 0 aromatic carbocycles. The monoisotopic (exact) mass is 320 g/mol. The zero-order valence-electron chi connectivity index (χ0n) is 10.3. The second kappa shape index (κ2) is 8.04. The molecular weight excluding hydrogens is 298 g/mol. The Morgan fingerprint density at radius 2 is 1.18 bits per heavy atom. The van der Waals surface area contributed by atoms with Crippen LogP contribution in [0.25, 0.3) is 0 Å². The van der Waals surface area contributed by atoms with Gasteiger partial charge in [0, 0.05) is 29.2 Å². The third-order valence-corrected chi connectivity index (χ3v) is 4.60. The smallest absolute Gasteiger partial charge is 0.133 e. The summed E-state index contributed by atoms with van der Waals surface area (Å²) in [4.78, 5) is 2.48. The van der Waals surface area contributed by atoms with Gasteiger partial charge in [-0.15, -0.1) is 12.6 Å². The Labute approximate surface area is 127 Å². The molecule has 0 atom stereocenters. The maximum Gasteiger partial charge on any atom is 0.133 e. The molecule has 0 heterocycles. The van der Waals surface area contributed by atoms with Crippen molar-refractivity contribution in [3.63, 3.8) is 0 Å². The van der Waals surface area contributed by atoms with Crippen molar-refractivity contribution in [2.24, 2.45) is 0 Å². The number of thiol groups is 1. The Bertz CT molecular complexity index is 218. The summed E-state index contributed by atoms with van der Waals surface area (Å²) in [7, 11) is 0. The van der Waals surface area contributed by atoms with Gasteiger partial charge in [0.15, 0.2) is 0 Å². The Morgan fingerprint density at radius 3 is 1.47 bits per heavy atom. The van der Waals surface area contributed by atoms with E-state index < -0.39 is 0 Å². The van der Waals surface area contributed by atoms with Gasteiger partial charge in [0.25, 0.3) is 0 Å². The number of nitrogens with zero attached hydrogens (tertiary/aromatic N) is 1. The van der Waals surface area contributed by atoms with Gasteiger partial charge in [0.1, 0.15) is 4.32 Å². The van der Waals surface area contributed by atoms with E-state index in [1.54, 1.807) is 0 Å². The van der Waals surface area contributed by atoms with Crippen molar-refractivity contribution < 1.29 is 17.1 Å². The van der Waals surface area contributed by atoms with Gasteiger partial charge in [-0.25, -0.2) is 0 Å². The molecule has 0 spiro atoms. The first-order valence-corrected chi connectivity index (χ1v) is 7.66. The molecule has 103 valence electrons. The third-order valence-electron chi connectivity index (χ3n) is 4.16. The van der Waals surface area contributed by atoms with Crippen molar-refractivity contribution in [2.45, 2.75) is 76.3 Å². The van der Waals surface area contributed by atoms with E-state index in [4.69, 9.17) is 12.2 Å². The van der Waals surface area contributed by atoms with Crippen molar-refractivity contribution in [3.8, 4) is 0 Å². The summed E-state index contributed by atoms with van der Waals surface area (Å²) in [5.74, 6) is 0. The van der Waals surface area contributed by atoms with Crippen molar-refractivity contribution in [1.82, 2.24) is 4.90 Å². The molecule has 2 aliphatic rings. The summed E-state index contributed by atoms with van der Waals surface area (Å²) in [6.07, 6.45) is 13.7. The summed E-state index contributed by atoms with van der Waals surface area (Å²) < 4.78 is 0.846. The molecule has 0 unspecified atom stereocenters. The first kappa shape index (κ1) is 15.8. The summed E-state index contributed by atoms with van der Waals surface area (Å²) in [5, 5.41) is 0. The molecule has 0 aromatic rings. The maximum atomic E-state index is 5.37. The number of thiocarbonyl (C=S) groups is 1. The van der Waals surface area contributed by atoms with E-state index in [0.29, 0.717) is 12.1 Å². The van der Waals surface area contributed by atoms with E-state index in [2.05, 4.69) is 17.5 Å². The molecule has 0 N–H and O–H groups in total. The quantitative estimate of drug-likeness (QED) is 0.462. The molecule has 4 heteroatoms.